The van der Waals surface area contributed by atoms with Crippen LogP contribution in [0.15, 0.2) is 60.9 Å². The molecule has 4 aliphatic carbocycles. The highest BCUT2D eigenvalue weighted by Crippen LogP contribution is 2.82. The van der Waals surface area contributed by atoms with E-state index < -0.39 is 23.2 Å². The van der Waals surface area contributed by atoms with Gasteiger partial charge in [-0.05, 0) is 54.9 Å². The molecule has 8 atom stereocenters. The van der Waals surface area contributed by atoms with Gasteiger partial charge in [0.05, 0.1) is 23.9 Å². The number of hydrogen-bond acceptors (Lipinski definition) is 7. The lowest BCUT2D eigenvalue weighted by Gasteiger charge is -2.25. The number of rotatable bonds is 5. The molecule has 0 spiro atoms. The molecule has 8 rings (SSSR count). The van der Waals surface area contributed by atoms with Gasteiger partial charge in [0.15, 0.2) is 17.0 Å². The molecule has 41 heavy (non-hydrogen) atoms. The molecular formula is C32H30N6O3. The normalized spacial score (nSPS) is 33.8. The maximum atomic E-state index is 12.6. The summed E-state index contributed by atoms with van der Waals surface area (Å²) in [5.41, 5.74) is 2.13. The summed E-state index contributed by atoms with van der Waals surface area (Å²) in [6.45, 7) is 2.03. The molecule has 4 unspecified atom stereocenters. The van der Waals surface area contributed by atoms with E-state index >= 15 is 0 Å². The van der Waals surface area contributed by atoms with E-state index in [1.54, 1.807) is 13.4 Å². The predicted molar refractivity (Wildman–Crippen MR) is 152 cm³/mol. The van der Waals surface area contributed by atoms with Crippen LogP contribution in [-0.4, -0.2) is 60.4 Å². The SMILES string of the molecule is CNC(=O)C12CC1[C@H]1C(n3cnc4c(N[C@@H]5CC5c5ccccc5)nc(C#Cc5cccc(C)c5)nc43)[C@@]1(O)[C@@H]2O. The lowest BCUT2D eigenvalue weighted by molar-refractivity contribution is -0.134. The van der Waals surface area contributed by atoms with Crippen molar-refractivity contribution in [2.24, 2.45) is 17.3 Å². The predicted octanol–water partition coefficient (Wildman–Crippen LogP) is 2.53. The summed E-state index contributed by atoms with van der Waals surface area (Å²) in [5, 5.41) is 29.1. The second kappa shape index (κ2) is 8.38. The van der Waals surface area contributed by atoms with E-state index in [2.05, 4.69) is 51.7 Å². The van der Waals surface area contributed by atoms with Crippen LogP contribution >= 0.6 is 0 Å². The first-order chi connectivity index (χ1) is 19.9. The zero-order chi connectivity index (χ0) is 28.1. The Labute approximate surface area is 237 Å². The number of aliphatic hydroxyl groups is 2. The third-order valence-electron chi connectivity index (χ3n) is 9.71. The Morgan fingerprint density at radius 3 is 2.68 bits per heavy atom. The fourth-order valence-electron chi connectivity index (χ4n) is 7.51. The molecule has 2 aromatic heterocycles. The first kappa shape index (κ1) is 24.5. The number of aliphatic hydroxyl groups excluding tert-OH is 1. The molecule has 2 aromatic carbocycles. The molecule has 4 aromatic rings. The molecule has 4 N–H and O–H groups in total. The van der Waals surface area contributed by atoms with Crippen molar-refractivity contribution >= 4 is 22.9 Å². The van der Waals surface area contributed by atoms with Crippen LogP contribution < -0.4 is 10.6 Å². The molecule has 4 aliphatic rings. The minimum Gasteiger partial charge on any atom is -0.389 e. The van der Waals surface area contributed by atoms with Gasteiger partial charge in [-0.3, -0.25) is 4.79 Å². The molecule has 2 heterocycles. The van der Waals surface area contributed by atoms with Crippen LogP contribution in [0.4, 0.5) is 5.82 Å². The summed E-state index contributed by atoms with van der Waals surface area (Å²) in [6, 6.07) is 18.2. The van der Waals surface area contributed by atoms with Crippen molar-refractivity contribution in [1.82, 2.24) is 24.8 Å². The molecule has 206 valence electrons. The zero-order valence-electron chi connectivity index (χ0n) is 22.7. The number of carbonyl (C=O) groups is 1. The fraction of sp³-hybridized carbons (Fsp3) is 0.375. The van der Waals surface area contributed by atoms with Gasteiger partial charge >= 0.3 is 0 Å². The average molecular weight is 547 g/mol. The lowest BCUT2D eigenvalue weighted by Crippen LogP contribution is -2.45. The minimum atomic E-state index is -1.40. The molecule has 4 saturated carbocycles. The van der Waals surface area contributed by atoms with Gasteiger partial charge in [-0.2, -0.15) is 0 Å². The third kappa shape index (κ3) is 3.44. The number of amides is 1. The van der Waals surface area contributed by atoms with E-state index in [0.29, 0.717) is 35.1 Å². The standard InChI is InChI=1S/C32H30N6O3/c1-17-7-6-8-18(13-17)11-12-23-36-27(35-22-14-20(22)19-9-4-3-5-10-19)25-28(37-23)38(16-34-25)26-24-21-15-31(21,30(40)33-2)29(39)32(24,26)41/h3-10,13,16,20-22,24,26,29,39,41H,14-15H2,1-2H3,(H,33,40)(H,35,36,37)/t20?,21?,22-,24+,26?,29-,31?,32-/m1/s1. The van der Waals surface area contributed by atoms with Crippen molar-refractivity contribution < 1.29 is 15.0 Å². The van der Waals surface area contributed by atoms with Crippen molar-refractivity contribution in [2.75, 3.05) is 12.4 Å². The van der Waals surface area contributed by atoms with Gasteiger partial charge in [-0.15, -0.1) is 0 Å². The third-order valence-corrected chi connectivity index (χ3v) is 9.71. The first-order valence-corrected chi connectivity index (χ1v) is 14.1. The second-order valence-electron chi connectivity index (χ2n) is 12.0. The van der Waals surface area contributed by atoms with E-state index in [1.165, 1.54) is 5.56 Å². The summed E-state index contributed by atoms with van der Waals surface area (Å²) in [7, 11) is 1.57. The average Bonchev–Trinajstić information content (AvgIpc) is 3.93. The Balaban J connectivity index is 1.17. The molecule has 4 fully saturated rings. The summed E-state index contributed by atoms with van der Waals surface area (Å²) >= 11 is 0. The Bertz CT molecular complexity index is 1790. The Hall–Kier alpha value is -4.26. The van der Waals surface area contributed by atoms with Gasteiger partial charge in [0.25, 0.3) is 0 Å². The highest BCUT2D eigenvalue weighted by Gasteiger charge is 2.91. The molecule has 0 saturated heterocycles. The molecule has 9 heteroatoms. The van der Waals surface area contributed by atoms with Crippen LogP contribution in [0.5, 0.6) is 0 Å². The molecule has 0 radical (unpaired) electrons. The number of imidazole rings is 1. The van der Waals surface area contributed by atoms with Crippen LogP contribution in [0.3, 0.4) is 0 Å². The van der Waals surface area contributed by atoms with Crippen LogP contribution in [0.25, 0.3) is 11.2 Å². The number of hydrogen-bond donors (Lipinski definition) is 4. The summed E-state index contributed by atoms with van der Waals surface area (Å²) in [4.78, 5) is 26.8. The molecule has 9 nitrogen and oxygen atoms in total. The maximum absolute atomic E-state index is 12.6. The highest BCUT2D eigenvalue weighted by molar-refractivity contribution is 5.89. The summed E-state index contributed by atoms with van der Waals surface area (Å²) < 4.78 is 1.85. The Morgan fingerprint density at radius 2 is 1.95 bits per heavy atom. The zero-order valence-corrected chi connectivity index (χ0v) is 22.7. The van der Waals surface area contributed by atoms with E-state index in [-0.39, 0.29) is 23.8 Å². The Kier molecular flexibility index (Phi) is 5.01. The number of aryl methyl sites for hydroxylation is 1. The van der Waals surface area contributed by atoms with Crippen molar-refractivity contribution in [3.8, 4) is 11.8 Å². The monoisotopic (exact) mass is 546 g/mol. The topological polar surface area (TPSA) is 125 Å². The van der Waals surface area contributed by atoms with Crippen molar-refractivity contribution in [2.45, 2.75) is 49.5 Å². The number of anilines is 1. The number of fused-ring (bicyclic) bond motifs is 4. The fourth-order valence-corrected chi connectivity index (χ4v) is 7.51. The van der Waals surface area contributed by atoms with Gasteiger partial charge in [0, 0.05) is 30.5 Å². The highest BCUT2D eigenvalue weighted by atomic mass is 16.4. The van der Waals surface area contributed by atoms with Crippen LogP contribution in [0, 0.1) is 36.0 Å². The number of nitrogens with zero attached hydrogens (tertiary/aromatic N) is 4. The second-order valence-corrected chi connectivity index (χ2v) is 12.0. The van der Waals surface area contributed by atoms with E-state index in [4.69, 9.17) is 9.97 Å². The molecule has 0 aliphatic heterocycles. The summed E-state index contributed by atoms with van der Waals surface area (Å²) in [6.07, 6.45) is 2.08. The van der Waals surface area contributed by atoms with Gasteiger partial charge in [0.2, 0.25) is 11.7 Å². The van der Waals surface area contributed by atoms with E-state index in [1.807, 2.05) is 41.8 Å². The van der Waals surface area contributed by atoms with E-state index in [0.717, 1.165) is 17.5 Å². The lowest BCUT2D eigenvalue weighted by atomic mass is 9.93. The smallest absolute Gasteiger partial charge is 0.229 e. The van der Waals surface area contributed by atoms with Crippen LogP contribution in [0.2, 0.25) is 0 Å². The number of nitrogens with one attached hydrogen (secondary N) is 2. The van der Waals surface area contributed by atoms with Gasteiger partial charge in [-0.25, -0.2) is 15.0 Å². The van der Waals surface area contributed by atoms with Gasteiger partial charge in [-0.1, -0.05) is 48.4 Å². The largest absolute Gasteiger partial charge is 0.389 e. The molecule has 1 amide bonds. The van der Waals surface area contributed by atoms with Crippen molar-refractivity contribution in [3.05, 3.63) is 83.4 Å². The number of aromatic nitrogens is 4. The number of benzene rings is 2. The van der Waals surface area contributed by atoms with Gasteiger partial charge in [0.1, 0.15) is 5.60 Å². The minimum absolute atomic E-state index is 0.0805. The van der Waals surface area contributed by atoms with Crippen molar-refractivity contribution in [1.29, 1.82) is 0 Å². The first-order valence-electron chi connectivity index (χ1n) is 14.1. The van der Waals surface area contributed by atoms with Crippen LogP contribution in [0.1, 0.15) is 47.3 Å². The molecule has 0 bridgehead atoms. The quantitative estimate of drug-likeness (QED) is 0.284. The number of carbonyl (C=O) groups excluding carboxylic acids is 1. The molecular weight excluding hydrogens is 516 g/mol. The van der Waals surface area contributed by atoms with Crippen LogP contribution in [-0.2, 0) is 4.79 Å². The van der Waals surface area contributed by atoms with E-state index in [9.17, 15) is 15.0 Å². The summed E-state index contributed by atoms with van der Waals surface area (Å²) in [5.74, 6) is 7.12. The van der Waals surface area contributed by atoms with Crippen molar-refractivity contribution in [3.63, 3.8) is 0 Å². The Morgan fingerprint density at radius 1 is 1.12 bits per heavy atom. The van der Waals surface area contributed by atoms with Gasteiger partial charge < -0.3 is 25.4 Å². The maximum Gasteiger partial charge on any atom is 0.229 e.